The highest BCUT2D eigenvalue weighted by molar-refractivity contribution is 6.30. The van der Waals surface area contributed by atoms with Crippen LogP contribution in [0, 0.1) is 11.8 Å². The summed E-state index contributed by atoms with van der Waals surface area (Å²) >= 11 is 5.82. The molecule has 3 N–H and O–H groups in total. The van der Waals surface area contributed by atoms with Crippen LogP contribution in [0.1, 0.15) is 37.9 Å². The predicted octanol–water partition coefficient (Wildman–Crippen LogP) is 2.52. The van der Waals surface area contributed by atoms with E-state index in [0.29, 0.717) is 23.3 Å². The number of piperidine rings is 1. The summed E-state index contributed by atoms with van der Waals surface area (Å²) in [5.41, 5.74) is 0.760. The highest BCUT2D eigenvalue weighted by Crippen LogP contribution is 2.24. The van der Waals surface area contributed by atoms with Crippen molar-refractivity contribution in [3.63, 3.8) is 0 Å². The van der Waals surface area contributed by atoms with Crippen LogP contribution in [0.25, 0.3) is 0 Å². The molecule has 1 aliphatic heterocycles. The van der Waals surface area contributed by atoms with Gasteiger partial charge in [0.2, 0.25) is 5.91 Å². The molecule has 1 amide bonds. The molecule has 2 rings (SSSR count). The lowest BCUT2D eigenvalue weighted by atomic mass is 9.84. The van der Waals surface area contributed by atoms with E-state index in [1.165, 1.54) is 0 Å². The van der Waals surface area contributed by atoms with Crippen molar-refractivity contribution in [1.82, 2.24) is 10.6 Å². The number of nitrogens with one attached hydrogen (secondary N) is 2. The van der Waals surface area contributed by atoms with Gasteiger partial charge in [0, 0.05) is 18.0 Å². The molecule has 5 heteroatoms. The van der Waals surface area contributed by atoms with Crippen molar-refractivity contribution in [2.24, 2.45) is 11.8 Å². The van der Waals surface area contributed by atoms with E-state index in [0.717, 1.165) is 31.5 Å². The van der Waals surface area contributed by atoms with Gasteiger partial charge in [-0.1, -0.05) is 30.7 Å². The van der Waals surface area contributed by atoms with E-state index in [-0.39, 0.29) is 12.5 Å². The summed E-state index contributed by atoms with van der Waals surface area (Å²) in [5.74, 6) is 1.02. The van der Waals surface area contributed by atoms with E-state index in [1.54, 1.807) is 24.3 Å². The van der Waals surface area contributed by atoms with Gasteiger partial charge in [0.05, 0.1) is 6.10 Å². The standard InChI is InChI=1S/C17H25ClN2O2/c1-12(13-6-8-19-9-7-13)10-17(22)20-11-16(21)14-2-4-15(18)5-3-14/h2-5,12-13,16,19,21H,6-11H2,1H3,(H,20,22). The zero-order chi connectivity index (χ0) is 15.9. The average molecular weight is 325 g/mol. The van der Waals surface area contributed by atoms with Crippen LogP contribution in [0.15, 0.2) is 24.3 Å². The quantitative estimate of drug-likeness (QED) is 0.753. The molecule has 0 radical (unpaired) electrons. The Morgan fingerprint density at radius 2 is 2.00 bits per heavy atom. The van der Waals surface area contributed by atoms with Crippen LogP contribution in [-0.4, -0.2) is 30.6 Å². The van der Waals surface area contributed by atoms with Crippen molar-refractivity contribution in [2.45, 2.75) is 32.3 Å². The van der Waals surface area contributed by atoms with Gasteiger partial charge in [0.1, 0.15) is 0 Å². The van der Waals surface area contributed by atoms with Crippen LogP contribution in [0.5, 0.6) is 0 Å². The fraction of sp³-hybridized carbons (Fsp3) is 0.588. The second-order valence-electron chi connectivity index (χ2n) is 6.14. The van der Waals surface area contributed by atoms with Crippen molar-refractivity contribution in [1.29, 1.82) is 0 Å². The molecular formula is C17H25ClN2O2. The van der Waals surface area contributed by atoms with E-state index in [2.05, 4.69) is 17.6 Å². The number of aliphatic hydroxyl groups is 1. The smallest absolute Gasteiger partial charge is 0.220 e. The van der Waals surface area contributed by atoms with Crippen molar-refractivity contribution in [3.05, 3.63) is 34.9 Å². The number of hydrogen-bond donors (Lipinski definition) is 3. The Hall–Kier alpha value is -1.10. The minimum Gasteiger partial charge on any atom is -0.387 e. The Kier molecular flexibility index (Phi) is 6.68. The normalized spacial score (nSPS) is 18.7. The van der Waals surface area contributed by atoms with Crippen molar-refractivity contribution >= 4 is 17.5 Å². The first-order chi connectivity index (χ1) is 10.6. The highest BCUT2D eigenvalue weighted by Gasteiger charge is 2.22. The van der Waals surface area contributed by atoms with Crippen LogP contribution in [-0.2, 0) is 4.79 Å². The minimum atomic E-state index is -0.699. The van der Waals surface area contributed by atoms with Crippen molar-refractivity contribution < 1.29 is 9.90 Å². The van der Waals surface area contributed by atoms with Crippen LogP contribution >= 0.6 is 11.6 Å². The SMILES string of the molecule is CC(CC(=O)NCC(O)c1ccc(Cl)cc1)C1CCNCC1. The Labute approximate surface area is 137 Å². The summed E-state index contributed by atoms with van der Waals surface area (Å²) in [6.45, 7) is 4.47. The molecule has 2 unspecified atom stereocenters. The topological polar surface area (TPSA) is 61.4 Å². The zero-order valence-electron chi connectivity index (χ0n) is 13.0. The second-order valence-corrected chi connectivity index (χ2v) is 6.58. The molecule has 0 aromatic heterocycles. The molecule has 1 aromatic rings. The van der Waals surface area contributed by atoms with Crippen LogP contribution in [0.3, 0.4) is 0 Å². The highest BCUT2D eigenvalue weighted by atomic mass is 35.5. The third kappa shape index (κ3) is 5.27. The molecule has 1 aliphatic rings. The molecule has 122 valence electrons. The van der Waals surface area contributed by atoms with Gasteiger partial charge in [0.25, 0.3) is 0 Å². The Bertz CT molecular complexity index is 472. The molecule has 1 heterocycles. The Balaban J connectivity index is 1.73. The maximum absolute atomic E-state index is 12.0. The molecule has 1 fully saturated rings. The summed E-state index contributed by atoms with van der Waals surface area (Å²) in [6, 6.07) is 7.02. The monoisotopic (exact) mass is 324 g/mol. The van der Waals surface area contributed by atoms with Gasteiger partial charge in [-0.25, -0.2) is 0 Å². The van der Waals surface area contributed by atoms with E-state index < -0.39 is 6.10 Å². The molecule has 22 heavy (non-hydrogen) atoms. The maximum Gasteiger partial charge on any atom is 0.220 e. The Morgan fingerprint density at radius 1 is 1.36 bits per heavy atom. The third-order valence-electron chi connectivity index (χ3n) is 4.44. The maximum atomic E-state index is 12.0. The first-order valence-electron chi connectivity index (χ1n) is 7.97. The first kappa shape index (κ1) is 17.3. The summed E-state index contributed by atoms with van der Waals surface area (Å²) in [4.78, 5) is 12.0. The average Bonchev–Trinajstić information content (AvgIpc) is 2.54. The summed E-state index contributed by atoms with van der Waals surface area (Å²) in [5, 5.41) is 16.9. The molecular weight excluding hydrogens is 300 g/mol. The molecule has 1 saturated heterocycles. The van der Waals surface area contributed by atoms with E-state index in [4.69, 9.17) is 11.6 Å². The molecule has 1 aromatic carbocycles. The van der Waals surface area contributed by atoms with Gasteiger partial charge in [-0.3, -0.25) is 4.79 Å². The lowest BCUT2D eigenvalue weighted by Gasteiger charge is -2.28. The van der Waals surface area contributed by atoms with Gasteiger partial charge in [-0.15, -0.1) is 0 Å². The molecule has 0 aliphatic carbocycles. The summed E-state index contributed by atoms with van der Waals surface area (Å²) in [6.07, 6.45) is 2.11. The molecule has 0 bridgehead atoms. The summed E-state index contributed by atoms with van der Waals surface area (Å²) < 4.78 is 0. The number of halogens is 1. The number of carbonyl (C=O) groups excluding carboxylic acids is 1. The molecule has 2 atom stereocenters. The molecule has 0 spiro atoms. The Morgan fingerprint density at radius 3 is 2.64 bits per heavy atom. The van der Waals surface area contributed by atoms with Crippen molar-refractivity contribution in [2.75, 3.05) is 19.6 Å². The van der Waals surface area contributed by atoms with Gasteiger partial charge in [-0.2, -0.15) is 0 Å². The van der Waals surface area contributed by atoms with E-state index in [1.807, 2.05) is 0 Å². The second kappa shape index (κ2) is 8.51. The first-order valence-corrected chi connectivity index (χ1v) is 8.35. The summed E-state index contributed by atoms with van der Waals surface area (Å²) in [7, 11) is 0. The van der Waals surface area contributed by atoms with Gasteiger partial charge >= 0.3 is 0 Å². The lowest BCUT2D eigenvalue weighted by molar-refractivity contribution is -0.122. The van der Waals surface area contributed by atoms with Crippen molar-refractivity contribution in [3.8, 4) is 0 Å². The predicted molar refractivity (Wildman–Crippen MR) is 88.8 cm³/mol. The zero-order valence-corrected chi connectivity index (χ0v) is 13.8. The van der Waals surface area contributed by atoms with E-state index >= 15 is 0 Å². The molecule has 4 nitrogen and oxygen atoms in total. The number of carbonyl (C=O) groups is 1. The number of rotatable bonds is 6. The van der Waals surface area contributed by atoms with Crippen LogP contribution in [0.4, 0.5) is 0 Å². The number of amides is 1. The van der Waals surface area contributed by atoms with Crippen LogP contribution in [0.2, 0.25) is 5.02 Å². The minimum absolute atomic E-state index is 0.0130. The van der Waals surface area contributed by atoms with Crippen LogP contribution < -0.4 is 10.6 Å². The fourth-order valence-electron chi connectivity index (χ4n) is 2.96. The number of benzene rings is 1. The molecule has 0 saturated carbocycles. The van der Waals surface area contributed by atoms with Gasteiger partial charge in [-0.05, 0) is 55.5 Å². The van der Waals surface area contributed by atoms with Gasteiger partial charge < -0.3 is 15.7 Å². The number of hydrogen-bond acceptors (Lipinski definition) is 3. The third-order valence-corrected chi connectivity index (χ3v) is 4.70. The largest absolute Gasteiger partial charge is 0.387 e. The van der Waals surface area contributed by atoms with E-state index in [9.17, 15) is 9.90 Å². The lowest BCUT2D eigenvalue weighted by Crippen LogP contribution is -2.34. The van der Waals surface area contributed by atoms with Gasteiger partial charge in [0.15, 0.2) is 0 Å². The number of aliphatic hydroxyl groups excluding tert-OH is 1. The fourth-order valence-corrected chi connectivity index (χ4v) is 3.08.